The number of nitrogens with zero attached hydrogens (tertiary/aromatic N) is 1. The number of rotatable bonds is 2. The highest BCUT2D eigenvalue weighted by molar-refractivity contribution is 6.30. The van der Waals surface area contributed by atoms with Crippen molar-refractivity contribution in [2.45, 2.75) is 13.0 Å². The molecular weight excluding hydrogens is 312 g/mol. The lowest BCUT2D eigenvalue weighted by Crippen LogP contribution is -2.42. The zero-order valence-corrected chi connectivity index (χ0v) is 13.7. The van der Waals surface area contributed by atoms with Crippen LogP contribution in [0.2, 0.25) is 5.02 Å². The largest absolute Gasteiger partial charge is 0.399 e. The summed E-state index contributed by atoms with van der Waals surface area (Å²) in [5, 5.41) is 0.688. The van der Waals surface area contributed by atoms with Crippen molar-refractivity contribution < 1.29 is 9.53 Å². The van der Waals surface area contributed by atoms with Gasteiger partial charge in [0.15, 0.2) is 0 Å². The number of hydrogen-bond donors (Lipinski definition) is 1. The van der Waals surface area contributed by atoms with E-state index in [1.54, 1.807) is 6.07 Å². The zero-order valence-electron chi connectivity index (χ0n) is 13.0. The Hall–Kier alpha value is -2.04. The van der Waals surface area contributed by atoms with Crippen molar-refractivity contribution in [3.05, 3.63) is 64.2 Å². The molecule has 1 saturated heterocycles. The molecule has 1 heterocycles. The number of aryl methyl sites for hydroxylation is 1. The third-order valence-corrected chi connectivity index (χ3v) is 4.34. The molecule has 0 bridgehead atoms. The minimum absolute atomic E-state index is 0.00272. The number of benzene rings is 2. The highest BCUT2D eigenvalue weighted by atomic mass is 35.5. The van der Waals surface area contributed by atoms with Crippen molar-refractivity contribution in [1.82, 2.24) is 4.90 Å². The Labute approximate surface area is 140 Å². The van der Waals surface area contributed by atoms with Crippen LogP contribution in [0.25, 0.3) is 0 Å². The number of carbonyl (C=O) groups excluding carboxylic acids is 1. The van der Waals surface area contributed by atoms with Gasteiger partial charge in [0.1, 0.15) is 6.10 Å². The highest BCUT2D eigenvalue weighted by Crippen LogP contribution is 2.25. The molecule has 1 aliphatic heterocycles. The van der Waals surface area contributed by atoms with E-state index in [0.717, 1.165) is 11.1 Å². The molecule has 1 aliphatic rings. The normalized spacial score (nSPS) is 18.0. The van der Waals surface area contributed by atoms with E-state index < -0.39 is 0 Å². The first-order valence-corrected chi connectivity index (χ1v) is 7.95. The Morgan fingerprint density at radius 2 is 2.00 bits per heavy atom. The van der Waals surface area contributed by atoms with Crippen LogP contribution in [0.3, 0.4) is 0 Å². The van der Waals surface area contributed by atoms with Crippen LogP contribution in [0, 0.1) is 6.92 Å². The number of amides is 1. The number of anilines is 1. The molecule has 2 N–H and O–H groups in total. The summed E-state index contributed by atoms with van der Waals surface area (Å²) in [4.78, 5) is 14.6. The summed E-state index contributed by atoms with van der Waals surface area (Å²) in [6, 6.07) is 13.0. The SMILES string of the molecule is Cc1ccc(N)cc1C(=O)N1CCOC(c2ccc(Cl)cc2)C1. The van der Waals surface area contributed by atoms with Crippen LogP contribution in [0.15, 0.2) is 42.5 Å². The second-order valence-corrected chi connectivity index (χ2v) is 6.17. The van der Waals surface area contributed by atoms with Crippen LogP contribution in [-0.4, -0.2) is 30.5 Å². The van der Waals surface area contributed by atoms with Gasteiger partial charge in [-0.05, 0) is 42.3 Å². The van der Waals surface area contributed by atoms with Crippen molar-refractivity contribution in [3.63, 3.8) is 0 Å². The Kier molecular flexibility index (Phi) is 4.55. The van der Waals surface area contributed by atoms with Gasteiger partial charge < -0.3 is 15.4 Å². The molecule has 0 radical (unpaired) electrons. The summed E-state index contributed by atoms with van der Waals surface area (Å²) in [5.41, 5.74) is 9.03. The molecule has 2 aromatic rings. The van der Waals surface area contributed by atoms with E-state index in [0.29, 0.717) is 36.0 Å². The predicted molar refractivity (Wildman–Crippen MR) is 91.6 cm³/mol. The molecule has 3 rings (SSSR count). The first-order valence-electron chi connectivity index (χ1n) is 7.57. The van der Waals surface area contributed by atoms with E-state index in [1.165, 1.54) is 0 Å². The fourth-order valence-electron chi connectivity index (χ4n) is 2.75. The maximum atomic E-state index is 12.8. The minimum Gasteiger partial charge on any atom is -0.399 e. The van der Waals surface area contributed by atoms with Gasteiger partial charge in [-0.15, -0.1) is 0 Å². The van der Waals surface area contributed by atoms with E-state index in [1.807, 2.05) is 48.2 Å². The average Bonchev–Trinajstić information content (AvgIpc) is 2.57. The monoisotopic (exact) mass is 330 g/mol. The van der Waals surface area contributed by atoms with E-state index in [-0.39, 0.29) is 12.0 Å². The molecule has 4 nitrogen and oxygen atoms in total. The third-order valence-electron chi connectivity index (χ3n) is 4.09. The average molecular weight is 331 g/mol. The number of morpholine rings is 1. The van der Waals surface area contributed by atoms with Gasteiger partial charge in [0.05, 0.1) is 13.2 Å². The molecule has 1 unspecified atom stereocenters. The van der Waals surface area contributed by atoms with Gasteiger partial charge in [0.2, 0.25) is 0 Å². The van der Waals surface area contributed by atoms with Crippen molar-refractivity contribution in [2.24, 2.45) is 0 Å². The Bertz CT molecular complexity index is 715. The topological polar surface area (TPSA) is 55.6 Å². The molecule has 0 aromatic heterocycles. The standard InChI is InChI=1S/C18H19ClN2O2/c1-12-2-7-15(20)10-16(12)18(22)21-8-9-23-17(11-21)13-3-5-14(19)6-4-13/h2-7,10,17H,8-9,11,20H2,1H3. The van der Waals surface area contributed by atoms with Crippen molar-refractivity contribution >= 4 is 23.2 Å². The first-order chi connectivity index (χ1) is 11.0. The summed E-state index contributed by atoms with van der Waals surface area (Å²) in [5.74, 6) is -0.00272. The molecule has 0 aliphatic carbocycles. The smallest absolute Gasteiger partial charge is 0.254 e. The quantitative estimate of drug-likeness (QED) is 0.858. The summed E-state index contributed by atoms with van der Waals surface area (Å²) in [7, 11) is 0. The molecule has 2 aromatic carbocycles. The van der Waals surface area contributed by atoms with E-state index in [4.69, 9.17) is 22.1 Å². The first kappa shape index (κ1) is 15.8. The number of ether oxygens (including phenoxy) is 1. The molecule has 1 atom stereocenters. The number of nitrogens with two attached hydrogens (primary N) is 1. The second kappa shape index (κ2) is 6.60. The van der Waals surface area contributed by atoms with Crippen LogP contribution in [-0.2, 0) is 4.74 Å². The van der Waals surface area contributed by atoms with Gasteiger partial charge in [0.25, 0.3) is 5.91 Å². The van der Waals surface area contributed by atoms with Crippen LogP contribution in [0.1, 0.15) is 27.6 Å². The zero-order chi connectivity index (χ0) is 16.4. The van der Waals surface area contributed by atoms with Crippen LogP contribution < -0.4 is 5.73 Å². The van der Waals surface area contributed by atoms with Crippen molar-refractivity contribution in [2.75, 3.05) is 25.4 Å². The molecule has 0 saturated carbocycles. The maximum absolute atomic E-state index is 12.8. The summed E-state index contributed by atoms with van der Waals surface area (Å²) >= 11 is 5.92. The molecule has 0 spiro atoms. The second-order valence-electron chi connectivity index (χ2n) is 5.74. The van der Waals surface area contributed by atoms with Crippen LogP contribution >= 0.6 is 11.6 Å². The molecular formula is C18H19ClN2O2. The lowest BCUT2D eigenvalue weighted by molar-refractivity contribution is -0.0228. The molecule has 120 valence electrons. The van der Waals surface area contributed by atoms with Gasteiger partial charge in [-0.1, -0.05) is 29.8 Å². The number of halogens is 1. The highest BCUT2D eigenvalue weighted by Gasteiger charge is 2.26. The van der Waals surface area contributed by atoms with Gasteiger partial charge in [0, 0.05) is 22.8 Å². The maximum Gasteiger partial charge on any atom is 0.254 e. The Morgan fingerprint density at radius 1 is 1.26 bits per heavy atom. The summed E-state index contributed by atoms with van der Waals surface area (Å²) in [6.45, 7) is 3.54. The fraction of sp³-hybridized carbons (Fsp3) is 0.278. The lowest BCUT2D eigenvalue weighted by atomic mass is 10.0. The summed E-state index contributed by atoms with van der Waals surface area (Å²) < 4.78 is 5.81. The number of nitrogen functional groups attached to an aromatic ring is 1. The van der Waals surface area contributed by atoms with Crippen molar-refractivity contribution in [3.8, 4) is 0 Å². The molecule has 1 amide bonds. The fourth-order valence-corrected chi connectivity index (χ4v) is 2.88. The van der Waals surface area contributed by atoms with Gasteiger partial charge in [-0.2, -0.15) is 0 Å². The minimum atomic E-state index is -0.133. The van der Waals surface area contributed by atoms with Crippen LogP contribution in [0.5, 0.6) is 0 Å². The number of carbonyl (C=O) groups is 1. The van der Waals surface area contributed by atoms with E-state index in [2.05, 4.69) is 0 Å². The van der Waals surface area contributed by atoms with Gasteiger partial charge in [-0.3, -0.25) is 4.79 Å². The Morgan fingerprint density at radius 3 is 2.74 bits per heavy atom. The molecule has 5 heteroatoms. The van der Waals surface area contributed by atoms with Crippen LogP contribution in [0.4, 0.5) is 5.69 Å². The molecule has 1 fully saturated rings. The Balaban J connectivity index is 1.79. The van der Waals surface area contributed by atoms with E-state index >= 15 is 0 Å². The van der Waals surface area contributed by atoms with Gasteiger partial charge in [-0.25, -0.2) is 0 Å². The number of hydrogen-bond acceptors (Lipinski definition) is 3. The van der Waals surface area contributed by atoms with E-state index in [9.17, 15) is 4.79 Å². The summed E-state index contributed by atoms with van der Waals surface area (Å²) in [6.07, 6.45) is -0.133. The third kappa shape index (κ3) is 3.49. The molecule has 23 heavy (non-hydrogen) atoms. The lowest BCUT2D eigenvalue weighted by Gasteiger charge is -2.33. The van der Waals surface area contributed by atoms with Crippen molar-refractivity contribution in [1.29, 1.82) is 0 Å². The van der Waals surface area contributed by atoms with Gasteiger partial charge >= 0.3 is 0 Å². The predicted octanol–water partition coefficient (Wildman–Crippen LogP) is 3.44.